The predicted octanol–water partition coefficient (Wildman–Crippen LogP) is 3.89. The fourth-order valence-corrected chi connectivity index (χ4v) is 6.03. The van der Waals surface area contributed by atoms with Gasteiger partial charge in [0.1, 0.15) is 0 Å². The van der Waals surface area contributed by atoms with Crippen LogP contribution >= 0.6 is 0 Å². The normalized spacial score (nSPS) is 21.9. The van der Waals surface area contributed by atoms with Crippen molar-refractivity contribution in [2.45, 2.75) is 52.3 Å². The quantitative estimate of drug-likeness (QED) is 0.533. The third kappa shape index (κ3) is 6.63. The Morgan fingerprint density at radius 3 is 2.52 bits per heavy atom. The number of aliphatic imine (C=N–C) groups is 1. The van der Waals surface area contributed by atoms with Crippen molar-refractivity contribution in [3.8, 4) is 0 Å². The molecule has 3 aliphatic rings. The maximum absolute atomic E-state index is 12.4. The van der Waals surface area contributed by atoms with Gasteiger partial charge in [0.15, 0.2) is 0 Å². The monoisotopic (exact) mass is 557 g/mol. The second-order valence-electron chi connectivity index (χ2n) is 11.4. The number of piperazine rings is 1. The number of likely N-dealkylation sites (tertiary alicyclic amines) is 1. The van der Waals surface area contributed by atoms with Crippen LogP contribution in [0.1, 0.15) is 39.2 Å². The third-order valence-electron chi connectivity index (χ3n) is 8.34. The molecule has 2 aromatic rings. The Bertz CT molecular complexity index is 1210. The van der Waals surface area contributed by atoms with Crippen LogP contribution < -0.4 is 10.2 Å². The Labute approximate surface area is 234 Å². The fraction of sp³-hybridized carbons (Fsp3) is 0.621. The third-order valence-corrected chi connectivity index (χ3v) is 8.34. The molecule has 0 radical (unpaired) electrons. The van der Waals surface area contributed by atoms with E-state index in [1.165, 1.54) is 0 Å². The molecule has 218 valence electrons. The van der Waals surface area contributed by atoms with Gasteiger partial charge in [0.05, 0.1) is 23.5 Å². The van der Waals surface area contributed by atoms with E-state index in [0.717, 1.165) is 68.0 Å². The van der Waals surface area contributed by atoms with Crippen LogP contribution in [0.2, 0.25) is 0 Å². The van der Waals surface area contributed by atoms with Crippen LogP contribution in [0.15, 0.2) is 41.7 Å². The zero-order valence-corrected chi connectivity index (χ0v) is 23.7. The minimum Gasteiger partial charge on any atom is -0.366 e. The number of ether oxygens (including phenoxy) is 1. The van der Waals surface area contributed by atoms with Crippen molar-refractivity contribution in [3.63, 3.8) is 0 Å². The number of urea groups is 1. The van der Waals surface area contributed by atoms with Crippen molar-refractivity contribution in [3.05, 3.63) is 42.2 Å². The van der Waals surface area contributed by atoms with Gasteiger partial charge in [-0.1, -0.05) is 6.08 Å². The second-order valence-corrected chi connectivity index (χ2v) is 11.4. The van der Waals surface area contributed by atoms with Crippen molar-refractivity contribution >= 4 is 22.9 Å². The number of rotatable bonds is 8. The molecule has 2 aromatic heterocycles. The Morgan fingerprint density at radius 2 is 1.88 bits per heavy atom. The first kappa shape index (κ1) is 28.5. The largest absolute Gasteiger partial charge is 0.366 e. The summed E-state index contributed by atoms with van der Waals surface area (Å²) in [6, 6.07) is 4.33. The molecule has 2 saturated heterocycles. The number of nitrogens with zero attached hydrogens (tertiary/aromatic N) is 6. The molecule has 3 aliphatic heterocycles. The number of carbonyl (C=O) groups is 1. The standard InChI is InChI=1S/C29H41F2N7O2/c1-20(2)34-29(39)37-14-12-36(13-15-37)26-6-9-33-38-18-24(16-27(26)38)25-5-4-23(17-32-25)22-7-10-35(11-8-22)21(3)19-40-28(30)31/h4-6,9,16,18,20-23,28H,7-8,10-15,17,19H2,1-3H3,(H,34,39)/t21-,23?/m1/s1. The summed E-state index contributed by atoms with van der Waals surface area (Å²) in [7, 11) is 0. The molecule has 11 heteroatoms. The van der Waals surface area contributed by atoms with Crippen LogP contribution in [0.5, 0.6) is 0 Å². The van der Waals surface area contributed by atoms with E-state index in [1.54, 1.807) is 0 Å². The van der Waals surface area contributed by atoms with Gasteiger partial charge in [-0.3, -0.25) is 9.89 Å². The number of dihydropyridines is 1. The number of anilines is 1. The molecule has 0 bridgehead atoms. The van der Waals surface area contributed by atoms with Crippen LogP contribution in [-0.4, -0.2) is 102 Å². The van der Waals surface area contributed by atoms with E-state index < -0.39 is 6.61 Å². The summed E-state index contributed by atoms with van der Waals surface area (Å²) in [5.74, 6) is 0.942. The molecule has 9 nitrogen and oxygen atoms in total. The molecule has 1 N–H and O–H groups in total. The highest BCUT2D eigenvalue weighted by atomic mass is 19.3. The molecular weight excluding hydrogens is 516 g/mol. The van der Waals surface area contributed by atoms with Crippen molar-refractivity contribution in [2.75, 3.05) is 57.3 Å². The summed E-state index contributed by atoms with van der Waals surface area (Å²) < 4.78 is 31.2. The fourth-order valence-electron chi connectivity index (χ4n) is 6.03. The van der Waals surface area contributed by atoms with E-state index in [1.807, 2.05) is 48.6 Å². The Balaban J connectivity index is 1.17. The molecule has 2 amide bonds. The highest BCUT2D eigenvalue weighted by molar-refractivity contribution is 6.10. The van der Waals surface area contributed by atoms with Gasteiger partial charge in [0.25, 0.3) is 0 Å². The number of amides is 2. The number of hydrogen-bond donors (Lipinski definition) is 1. The molecule has 5 rings (SSSR count). The van der Waals surface area contributed by atoms with E-state index in [4.69, 9.17) is 4.99 Å². The first-order chi connectivity index (χ1) is 19.3. The average molecular weight is 558 g/mol. The zero-order chi connectivity index (χ0) is 28.2. The van der Waals surface area contributed by atoms with E-state index in [-0.39, 0.29) is 24.7 Å². The Hall–Kier alpha value is -3.05. The lowest BCUT2D eigenvalue weighted by molar-refractivity contribution is -0.141. The van der Waals surface area contributed by atoms with Gasteiger partial charge in [-0.25, -0.2) is 9.31 Å². The molecule has 0 aromatic carbocycles. The first-order valence-electron chi connectivity index (χ1n) is 14.4. The van der Waals surface area contributed by atoms with Gasteiger partial charge < -0.3 is 19.9 Å². The van der Waals surface area contributed by atoms with Gasteiger partial charge >= 0.3 is 12.6 Å². The summed E-state index contributed by atoms with van der Waals surface area (Å²) in [4.78, 5) is 23.8. The smallest absolute Gasteiger partial charge is 0.345 e. The molecule has 5 heterocycles. The van der Waals surface area contributed by atoms with Crippen LogP contribution in [0.25, 0.3) is 5.52 Å². The number of aromatic nitrogens is 2. The topological polar surface area (TPSA) is 77.7 Å². The van der Waals surface area contributed by atoms with Gasteiger partial charge in [-0.15, -0.1) is 0 Å². The maximum Gasteiger partial charge on any atom is 0.345 e. The van der Waals surface area contributed by atoms with Crippen LogP contribution in [-0.2, 0) is 4.74 Å². The van der Waals surface area contributed by atoms with Crippen molar-refractivity contribution in [1.29, 1.82) is 0 Å². The first-order valence-corrected chi connectivity index (χ1v) is 14.4. The number of halogens is 2. The molecule has 1 unspecified atom stereocenters. The molecule has 40 heavy (non-hydrogen) atoms. The molecule has 0 spiro atoms. The second kappa shape index (κ2) is 12.6. The number of allylic oxidation sites excluding steroid dienone is 1. The minimum atomic E-state index is -2.71. The van der Waals surface area contributed by atoms with Gasteiger partial charge in [-0.2, -0.15) is 13.9 Å². The van der Waals surface area contributed by atoms with E-state index >= 15 is 0 Å². The van der Waals surface area contributed by atoms with E-state index in [0.29, 0.717) is 24.9 Å². The highest BCUT2D eigenvalue weighted by Crippen LogP contribution is 2.30. The van der Waals surface area contributed by atoms with Crippen LogP contribution in [0.4, 0.5) is 19.3 Å². The minimum absolute atomic E-state index is 0.000489. The maximum atomic E-state index is 12.4. The molecule has 2 fully saturated rings. The summed E-state index contributed by atoms with van der Waals surface area (Å²) in [6.45, 7) is 8.71. The van der Waals surface area contributed by atoms with Gasteiger partial charge in [-0.05, 0) is 76.7 Å². The summed E-state index contributed by atoms with van der Waals surface area (Å²) in [6.07, 6.45) is 10.4. The number of fused-ring (bicyclic) bond motifs is 1. The Kier molecular flexibility index (Phi) is 9.00. The average Bonchev–Trinajstić information content (AvgIpc) is 3.40. The Morgan fingerprint density at radius 1 is 1.12 bits per heavy atom. The number of nitrogens with one attached hydrogen (secondary N) is 1. The highest BCUT2D eigenvalue weighted by Gasteiger charge is 2.29. The van der Waals surface area contributed by atoms with Crippen molar-refractivity contribution < 1.29 is 18.3 Å². The zero-order valence-electron chi connectivity index (χ0n) is 23.7. The summed E-state index contributed by atoms with van der Waals surface area (Å²) in [5, 5.41) is 7.52. The number of alkyl halides is 2. The van der Waals surface area contributed by atoms with Crippen molar-refractivity contribution in [1.82, 2.24) is 24.7 Å². The molecule has 2 atom stereocenters. The predicted molar refractivity (Wildman–Crippen MR) is 152 cm³/mol. The molecular formula is C29H41F2N7O2. The van der Waals surface area contributed by atoms with Gasteiger partial charge in [0.2, 0.25) is 0 Å². The number of hydrogen-bond acceptors (Lipinski definition) is 6. The van der Waals surface area contributed by atoms with E-state index in [2.05, 4.69) is 43.2 Å². The van der Waals surface area contributed by atoms with Crippen LogP contribution in [0.3, 0.4) is 0 Å². The molecule has 0 saturated carbocycles. The van der Waals surface area contributed by atoms with Crippen LogP contribution in [0, 0.1) is 11.8 Å². The number of carbonyl (C=O) groups excluding carboxylic acids is 1. The molecule has 0 aliphatic carbocycles. The lowest BCUT2D eigenvalue weighted by Gasteiger charge is -2.38. The number of piperidine rings is 1. The van der Waals surface area contributed by atoms with Gasteiger partial charge in [0, 0.05) is 62.8 Å². The SMILES string of the molecule is CC(C)NC(=O)N1CCN(c2ccnn3cc(C4=NCC(C5CCN([C@H](C)COC(F)F)CC5)C=C4)cc23)CC1. The van der Waals surface area contributed by atoms with E-state index in [9.17, 15) is 13.6 Å². The summed E-state index contributed by atoms with van der Waals surface area (Å²) in [5.41, 5.74) is 4.17. The lowest BCUT2D eigenvalue weighted by atomic mass is 9.82. The van der Waals surface area contributed by atoms with Crippen molar-refractivity contribution in [2.24, 2.45) is 16.8 Å². The lowest BCUT2D eigenvalue weighted by Crippen LogP contribution is -2.53. The summed E-state index contributed by atoms with van der Waals surface area (Å²) >= 11 is 0.